The van der Waals surface area contributed by atoms with E-state index >= 15 is 0 Å². The standard InChI is InChI=1S/C69H115NO18/c1-3-5-7-9-11-13-15-16-17-18-19-20-21-22-23-24-25-26-27-28-29-30-31-32-33-34-35-36-37-39-41-43-45-47-57(75)70-52(53(74)46-44-42-40-38-14-12-10-8-6-4-2)51-83-67-63(81)60(78)65(55(49-72)85-67)88-69-64(82)61(79)66(56(50-73)86-69)87-68-62(80)59(77)58(76)54(48-71)84-68/h5-8,11,13-14,16-17,19-20,22-23,25-26,38,44,46,52-56,58-69,71-74,76-82H,3-4,9-10,12,15,18,21,24,27-37,39-43,45,47-51H2,1-2H3,(H,70,75)/b7-5-,8-6+,13-11-,17-16-,20-19-,23-22-,26-25-,38-14+,46-44+. The first kappa shape index (κ1) is 78.7. The van der Waals surface area contributed by atoms with E-state index in [1.807, 2.05) is 6.08 Å². The zero-order valence-corrected chi connectivity index (χ0v) is 52.9. The molecular formula is C69H115NO18. The molecule has 0 aliphatic carbocycles. The Morgan fingerprint density at radius 1 is 0.409 bits per heavy atom. The van der Waals surface area contributed by atoms with Gasteiger partial charge in [-0.2, -0.15) is 0 Å². The van der Waals surface area contributed by atoms with Crippen molar-refractivity contribution < 1.29 is 89.4 Å². The van der Waals surface area contributed by atoms with Gasteiger partial charge in [0.1, 0.15) is 73.2 Å². The Labute approximate surface area is 525 Å². The van der Waals surface area contributed by atoms with Crippen LogP contribution in [-0.4, -0.2) is 193 Å². The van der Waals surface area contributed by atoms with Gasteiger partial charge in [0.25, 0.3) is 0 Å². The Hall–Kier alpha value is -3.55. The number of rotatable bonds is 48. The largest absolute Gasteiger partial charge is 0.394 e. The molecule has 0 aromatic rings. The molecule has 1 amide bonds. The molecule has 0 radical (unpaired) electrons. The molecule has 0 spiro atoms. The van der Waals surface area contributed by atoms with E-state index in [2.05, 4.69) is 116 Å². The summed E-state index contributed by atoms with van der Waals surface area (Å²) in [5.74, 6) is -0.298. The minimum atomic E-state index is -1.99. The second-order valence-electron chi connectivity index (χ2n) is 23.1. The highest BCUT2D eigenvalue weighted by Gasteiger charge is 2.53. The Morgan fingerprint density at radius 3 is 1.23 bits per heavy atom. The summed E-state index contributed by atoms with van der Waals surface area (Å²) in [6, 6.07) is -1.00. The Morgan fingerprint density at radius 2 is 0.761 bits per heavy atom. The van der Waals surface area contributed by atoms with Crippen LogP contribution < -0.4 is 5.32 Å². The fourth-order valence-electron chi connectivity index (χ4n) is 10.5. The van der Waals surface area contributed by atoms with Crippen molar-refractivity contribution >= 4 is 5.91 Å². The maximum Gasteiger partial charge on any atom is 0.220 e. The fraction of sp³-hybridized carbons (Fsp3) is 0.725. The normalized spacial score (nSPS) is 29.1. The zero-order valence-electron chi connectivity index (χ0n) is 52.9. The predicted molar refractivity (Wildman–Crippen MR) is 341 cm³/mol. The monoisotopic (exact) mass is 1250 g/mol. The number of nitrogens with one attached hydrogen (secondary N) is 1. The van der Waals surface area contributed by atoms with Gasteiger partial charge in [-0.3, -0.25) is 4.79 Å². The third kappa shape index (κ3) is 32.1. The van der Waals surface area contributed by atoms with Crippen LogP contribution in [0.3, 0.4) is 0 Å². The second-order valence-corrected chi connectivity index (χ2v) is 23.1. The van der Waals surface area contributed by atoms with Crippen LogP contribution in [0.5, 0.6) is 0 Å². The molecule has 0 saturated carbocycles. The highest BCUT2D eigenvalue weighted by molar-refractivity contribution is 5.76. The number of unbranched alkanes of at least 4 members (excludes halogenated alkanes) is 16. The van der Waals surface area contributed by atoms with Crippen molar-refractivity contribution in [2.45, 2.75) is 291 Å². The summed E-state index contributed by atoms with van der Waals surface area (Å²) < 4.78 is 34.2. The number of amides is 1. The van der Waals surface area contributed by atoms with Crippen molar-refractivity contribution in [1.82, 2.24) is 5.32 Å². The van der Waals surface area contributed by atoms with Crippen LogP contribution in [0.2, 0.25) is 0 Å². The van der Waals surface area contributed by atoms with Gasteiger partial charge in [0.05, 0.1) is 38.6 Å². The summed E-state index contributed by atoms with van der Waals surface area (Å²) in [6.07, 6.45) is 39.6. The summed E-state index contributed by atoms with van der Waals surface area (Å²) in [5.41, 5.74) is 0. The summed E-state index contributed by atoms with van der Waals surface area (Å²) in [5, 5.41) is 120. The van der Waals surface area contributed by atoms with Crippen LogP contribution in [0.4, 0.5) is 0 Å². The van der Waals surface area contributed by atoms with Gasteiger partial charge in [0.2, 0.25) is 5.91 Å². The van der Waals surface area contributed by atoms with Crippen molar-refractivity contribution in [1.29, 1.82) is 0 Å². The van der Waals surface area contributed by atoms with E-state index in [-0.39, 0.29) is 18.9 Å². The lowest BCUT2D eigenvalue weighted by molar-refractivity contribution is -0.379. The molecule has 3 heterocycles. The average Bonchev–Trinajstić information content (AvgIpc) is 1.83. The minimum absolute atomic E-state index is 0.224. The smallest absolute Gasteiger partial charge is 0.220 e. The van der Waals surface area contributed by atoms with E-state index < -0.39 is 124 Å². The number of ether oxygens (including phenoxy) is 6. The molecule has 12 N–H and O–H groups in total. The third-order valence-electron chi connectivity index (χ3n) is 15.8. The molecule has 19 nitrogen and oxygen atoms in total. The van der Waals surface area contributed by atoms with Gasteiger partial charge in [-0.1, -0.05) is 200 Å². The fourth-order valence-corrected chi connectivity index (χ4v) is 10.5. The van der Waals surface area contributed by atoms with Crippen molar-refractivity contribution in [3.8, 4) is 0 Å². The zero-order chi connectivity index (χ0) is 64.0. The molecular weight excluding hydrogens is 1130 g/mol. The van der Waals surface area contributed by atoms with Gasteiger partial charge in [0, 0.05) is 6.42 Å². The molecule has 3 rings (SSSR count). The third-order valence-corrected chi connectivity index (χ3v) is 15.8. The molecule has 19 heteroatoms. The Bertz CT molecular complexity index is 2020. The molecule has 0 aromatic heterocycles. The number of hydrogen-bond acceptors (Lipinski definition) is 18. The SMILES string of the molecule is CC/C=C\C/C=C\C/C=C\C/C=C\C/C=C\C/C=C\CCCCCCCCCCCCCCCCC(=O)NC(COC1OC(CO)C(OC2OC(CO)C(OC3OC(CO)C(O)C(O)C3O)C(O)C2O)C(O)C1O)C(O)/C=C/CC/C=C/CC/C=C/CC. The van der Waals surface area contributed by atoms with E-state index in [9.17, 15) is 61.0 Å². The number of hydrogen-bond donors (Lipinski definition) is 12. The molecule has 504 valence electrons. The first-order valence-corrected chi connectivity index (χ1v) is 33.1. The number of aliphatic hydroxyl groups is 11. The Balaban J connectivity index is 1.36. The molecule has 0 bridgehead atoms. The van der Waals surface area contributed by atoms with Crippen LogP contribution in [0.1, 0.15) is 187 Å². The maximum absolute atomic E-state index is 13.3. The minimum Gasteiger partial charge on any atom is -0.394 e. The van der Waals surface area contributed by atoms with Crippen molar-refractivity contribution in [2.75, 3.05) is 26.4 Å². The number of allylic oxidation sites excluding steroid dienone is 17. The first-order chi connectivity index (χ1) is 42.8. The van der Waals surface area contributed by atoms with E-state index in [4.69, 9.17) is 28.4 Å². The molecule has 17 atom stereocenters. The maximum atomic E-state index is 13.3. The first-order valence-electron chi connectivity index (χ1n) is 33.1. The molecule has 88 heavy (non-hydrogen) atoms. The summed E-state index contributed by atoms with van der Waals surface area (Å²) in [7, 11) is 0. The van der Waals surface area contributed by atoms with Gasteiger partial charge in [-0.05, 0) is 89.9 Å². The highest BCUT2D eigenvalue weighted by atomic mass is 16.8. The van der Waals surface area contributed by atoms with Crippen LogP contribution in [0.15, 0.2) is 109 Å². The number of aliphatic hydroxyl groups excluding tert-OH is 11. The quantitative estimate of drug-likeness (QED) is 0.0204. The topological polar surface area (TPSA) is 307 Å². The van der Waals surface area contributed by atoms with Crippen molar-refractivity contribution in [3.63, 3.8) is 0 Å². The van der Waals surface area contributed by atoms with Gasteiger partial charge < -0.3 is 89.9 Å². The van der Waals surface area contributed by atoms with E-state index in [1.165, 1.54) is 57.8 Å². The average molecular weight is 1250 g/mol. The number of carbonyl (C=O) groups is 1. The van der Waals surface area contributed by atoms with E-state index in [0.29, 0.717) is 12.8 Å². The van der Waals surface area contributed by atoms with Crippen LogP contribution >= 0.6 is 0 Å². The second kappa shape index (κ2) is 50.1. The predicted octanol–water partition coefficient (Wildman–Crippen LogP) is 7.88. The Kier molecular flexibility index (Phi) is 44.8. The molecule has 3 fully saturated rings. The van der Waals surface area contributed by atoms with Gasteiger partial charge >= 0.3 is 0 Å². The lowest BCUT2D eigenvalue weighted by atomic mass is 9.96. The van der Waals surface area contributed by atoms with E-state index in [1.54, 1.807) is 6.08 Å². The van der Waals surface area contributed by atoms with Gasteiger partial charge in [-0.15, -0.1) is 0 Å². The van der Waals surface area contributed by atoms with E-state index in [0.717, 1.165) is 96.3 Å². The molecule has 0 aromatic carbocycles. The van der Waals surface area contributed by atoms with Crippen LogP contribution in [-0.2, 0) is 33.2 Å². The number of carbonyl (C=O) groups excluding carboxylic acids is 1. The molecule has 3 saturated heterocycles. The summed E-state index contributed by atoms with van der Waals surface area (Å²) in [4.78, 5) is 13.3. The molecule has 17 unspecified atom stereocenters. The summed E-state index contributed by atoms with van der Waals surface area (Å²) >= 11 is 0. The van der Waals surface area contributed by atoms with Gasteiger partial charge in [0.15, 0.2) is 18.9 Å². The van der Waals surface area contributed by atoms with Gasteiger partial charge in [-0.25, -0.2) is 0 Å². The highest BCUT2D eigenvalue weighted by Crippen LogP contribution is 2.33. The lowest BCUT2D eigenvalue weighted by Crippen LogP contribution is -2.66. The van der Waals surface area contributed by atoms with Crippen LogP contribution in [0.25, 0.3) is 0 Å². The van der Waals surface area contributed by atoms with Crippen molar-refractivity contribution in [3.05, 3.63) is 109 Å². The molecule has 3 aliphatic heterocycles. The molecule has 3 aliphatic rings. The van der Waals surface area contributed by atoms with Crippen molar-refractivity contribution in [2.24, 2.45) is 0 Å². The lowest BCUT2D eigenvalue weighted by Gasteiger charge is -2.48. The summed E-state index contributed by atoms with van der Waals surface area (Å²) in [6.45, 7) is 1.43. The van der Waals surface area contributed by atoms with Crippen LogP contribution in [0, 0.1) is 0 Å².